The van der Waals surface area contributed by atoms with Crippen molar-refractivity contribution >= 4 is 28.2 Å². The van der Waals surface area contributed by atoms with Crippen LogP contribution in [0.15, 0.2) is 72.9 Å². The van der Waals surface area contributed by atoms with Crippen LogP contribution in [0.4, 0.5) is 15.9 Å². The minimum atomic E-state index is -0.317. The Balaban J connectivity index is 1.71. The van der Waals surface area contributed by atoms with Crippen LogP contribution in [0.25, 0.3) is 21.9 Å². The smallest absolute Gasteiger partial charge is 0.257 e. The van der Waals surface area contributed by atoms with Crippen molar-refractivity contribution in [2.45, 2.75) is 6.54 Å². The van der Waals surface area contributed by atoms with Crippen molar-refractivity contribution in [3.63, 3.8) is 0 Å². The molecule has 0 unspecified atom stereocenters. The summed E-state index contributed by atoms with van der Waals surface area (Å²) >= 11 is 0. The second-order valence-electron chi connectivity index (χ2n) is 6.68. The lowest BCUT2D eigenvalue weighted by atomic mass is 9.99. The van der Waals surface area contributed by atoms with E-state index < -0.39 is 0 Å². The standard InChI is InChI=1S/C23H19FN4O/c24-17-3-1-2-15(10-17)16-6-9-19-20(11-16)22(26)27-13-21(19)23(29)28-18-7-4-14(12-25)5-8-18/h1-11,13H,12,25H2,(H2,26,27)(H,28,29). The summed E-state index contributed by atoms with van der Waals surface area (Å²) in [6.45, 7) is 0.439. The number of nitrogens with zero attached hydrogens (tertiary/aromatic N) is 1. The molecule has 0 aliphatic carbocycles. The number of hydrogen-bond donors (Lipinski definition) is 3. The molecule has 5 nitrogen and oxygen atoms in total. The highest BCUT2D eigenvalue weighted by Crippen LogP contribution is 2.29. The number of amides is 1. The van der Waals surface area contributed by atoms with Gasteiger partial charge in [-0.05, 0) is 52.4 Å². The zero-order valence-corrected chi connectivity index (χ0v) is 15.5. The molecule has 0 radical (unpaired) electrons. The van der Waals surface area contributed by atoms with Gasteiger partial charge in [-0.25, -0.2) is 9.37 Å². The Bertz CT molecular complexity index is 1210. The van der Waals surface area contributed by atoms with Crippen molar-refractivity contribution in [3.05, 3.63) is 89.9 Å². The Morgan fingerprint density at radius 3 is 2.45 bits per heavy atom. The quantitative estimate of drug-likeness (QED) is 0.486. The highest BCUT2D eigenvalue weighted by atomic mass is 19.1. The summed E-state index contributed by atoms with van der Waals surface area (Å²) in [4.78, 5) is 17.0. The fourth-order valence-corrected chi connectivity index (χ4v) is 3.22. The van der Waals surface area contributed by atoms with E-state index in [9.17, 15) is 9.18 Å². The molecular formula is C23H19FN4O. The lowest BCUT2D eigenvalue weighted by Gasteiger charge is -2.11. The number of fused-ring (bicyclic) bond motifs is 1. The maximum Gasteiger partial charge on any atom is 0.257 e. The maximum absolute atomic E-state index is 13.6. The molecule has 0 saturated carbocycles. The van der Waals surface area contributed by atoms with Crippen molar-refractivity contribution in [2.75, 3.05) is 11.1 Å². The number of anilines is 2. The predicted molar refractivity (Wildman–Crippen MR) is 114 cm³/mol. The molecular weight excluding hydrogens is 367 g/mol. The predicted octanol–water partition coefficient (Wildman–Crippen LogP) is 4.33. The van der Waals surface area contributed by atoms with Gasteiger partial charge in [0.1, 0.15) is 11.6 Å². The van der Waals surface area contributed by atoms with Crippen LogP contribution in [0.1, 0.15) is 15.9 Å². The summed E-state index contributed by atoms with van der Waals surface area (Å²) in [6.07, 6.45) is 1.46. The van der Waals surface area contributed by atoms with Crippen LogP contribution < -0.4 is 16.8 Å². The number of halogens is 1. The minimum Gasteiger partial charge on any atom is -0.383 e. The Morgan fingerprint density at radius 1 is 0.966 bits per heavy atom. The number of hydrogen-bond acceptors (Lipinski definition) is 4. The van der Waals surface area contributed by atoms with Crippen LogP contribution in [0.2, 0.25) is 0 Å². The van der Waals surface area contributed by atoms with Crippen molar-refractivity contribution in [2.24, 2.45) is 5.73 Å². The first-order valence-corrected chi connectivity index (χ1v) is 9.09. The summed E-state index contributed by atoms with van der Waals surface area (Å²) in [5.74, 6) is -0.300. The lowest BCUT2D eigenvalue weighted by Crippen LogP contribution is -2.13. The molecule has 0 atom stereocenters. The van der Waals surface area contributed by atoms with Crippen molar-refractivity contribution in [1.82, 2.24) is 4.98 Å². The topological polar surface area (TPSA) is 94.0 Å². The van der Waals surface area contributed by atoms with Gasteiger partial charge in [-0.2, -0.15) is 0 Å². The summed E-state index contributed by atoms with van der Waals surface area (Å²) in [5, 5.41) is 4.18. The number of pyridine rings is 1. The van der Waals surface area contributed by atoms with Gasteiger partial charge in [-0.3, -0.25) is 4.79 Å². The molecule has 0 saturated heterocycles. The van der Waals surface area contributed by atoms with E-state index in [4.69, 9.17) is 11.5 Å². The third-order valence-electron chi connectivity index (χ3n) is 4.77. The van der Waals surface area contributed by atoms with E-state index in [1.807, 2.05) is 30.3 Å². The first-order valence-electron chi connectivity index (χ1n) is 9.09. The van der Waals surface area contributed by atoms with Crippen LogP contribution in [0.5, 0.6) is 0 Å². The molecule has 6 heteroatoms. The third-order valence-corrected chi connectivity index (χ3v) is 4.77. The molecule has 1 amide bonds. The monoisotopic (exact) mass is 386 g/mol. The van der Waals surface area contributed by atoms with Gasteiger partial charge in [0.2, 0.25) is 0 Å². The molecule has 5 N–H and O–H groups in total. The van der Waals surface area contributed by atoms with Gasteiger partial charge >= 0.3 is 0 Å². The Kier molecular flexibility index (Phi) is 4.93. The van der Waals surface area contributed by atoms with Gasteiger partial charge in [0.05, 0.1) is 5.56 Å². The Morgan fingerprint density at radius 2 is 1.72 bits per heavy atom. The molecule has 144 valence electrons. The lowest BCUT2D eigenvalue weighted by molar-refractivity contribution is 0.102. The van der Waals surface area contributed by atoms with Crippen LogP contribution in [0, 0.1) is 5.82 Å². The molecule has 4 aromatic rings. The van der Waals surface area contributed by atoms with E-state index in [-0.39, 0.29) is 11.7 Å². The number of carbonyl (C=O) groups excluding carboxylic acids is 1. The number of aromatic nitrogens is 1. The van der Waals surface area contributed by atoms with Crippen LogP contribution in [-0.2, 0) is 6.54 Å². The van der Waals surface area contributed by atoms with Crippen LogP contribution in [-0.4, -0.2) is 10.9 Å². The van der Waals surface area contributed by atoms with Gasteiger partial charge in [-0.1, -0.05) is 36.4 Å². The molecule has 29 heavy (non-hydrogen) atoms. The average Bonchev–Trinajstić information content (AvgIpc) is 2.74. The van der Waals surface area contributed by atoms with Gasteiger partial charge in [0, 0.05) is 23.8 Å². The van der Waals surface area contributed by atoms with Gasteiger partial charge < -0.3 is 16.8 Å². The van der Waals surface area contributed by atoms with Crippen molar-refractivity contribution in [3.8, 4) is 11.1 Å². The molecule has 4 rings (SSSR count). The highest BCUT2D eigenvalue weighted by Gasteiger charge is 2.14. The molecule has 1 aromatic heterocycles. The SMILES string of the molecule is NCc1ccc(NC(=O)c2cnc(N)c3cc(-c4cccc(F)c4)ccc23)cc1. The third kappa shape index (κ3) is 3.79. The number of nitrogen functional groups attached to an aromatic ring is 1. The van der Waals surface area contributed by atoms with Gasteiger partial charge in [-0.15, -0.1) is 0 Å². The maximum atomic E-state index is 13.6. The zero-order chi connectivity index (χ0) is 20.4. The summed E-state index contributed by atoms with van der Waals surface area (Å²) < 4.78 is 13.6. The first-order chi connectivity index (χ1) is 14.0. The first kappa shape index (κ1) is 18.6. The van der Waals surface area contributed by atoms with Crippen LogP contribution in [0.3, 0.4) is 0 Å². The largest absolute Gasteiger partial charge is 0.383 e. The van der Waals surface area contributed by atoms with E-state index in [2.05, 4.69) is 10.3 Å². The van der Waals surface area contributed by atoms with E-state index >= 15 is 0 Å². The number of nitrogens with one attached hydrogen (secondary N) is 1. The Labute approximate surface area is 167 Å². The van der Waals surface area contributed by atoms with Gasteiger partial charge in [0.25, 0.3) is 5.91 Å². The highest BCUT2D eigenvalue weighted by molar-refractivity contribution is 6.14. The molecule has 0 fully saturated rings. The molecule has 1 heterocycles. The van der Waals surface area contributed by atoms with E-state index in [1.165, 1.54) is 18.3 Å². The number of benzene rings is 3. The van der Waals surface area contributed by atoms with Gasteiger partial charge in [0.15, 0.2) is 0 Å². The molecule has 0 spiro atoms. The average molecular weight is 386 g/mol. The molecule has 0 aliphatic heterocycles. The molecule has 0 aliphatic rings. The fraction of sp³-hybridized carbons (Fsp3) is 0.0435. The number of nitrogens with two attached hydrogens (primary N) is 2. The van der Waals surface area contributed by atoms with E-state index in [0.717, 1.165) is 16.7 Å². The summed E-state index contributed by atoms with van der Waals surface area (Å²) in [5.41, 5.74) is 15.2. The minimum absolute atomic E-state index is 0.290. The second kappa shape index (κ2) is 7.69. The second-order valence-corrected chi connectivity index (χ2v) is 6.68. The summed E-state index contributed by atoms with van der Waals surface area (Å²) in [6, 6.07) is 19.1. The van der Waals surface area contributed by atoms with E-state index in [0.29, 0.717) is 34.4 Å². The zero-order valence-electron chi connectivity index (χ0n) is 15.5. The van der Waals surface area contributed by atoms with Crippen LogP contribution >= 0.6 is 0 Å². The van der Waals surface area contributed by atoms with Crippen molar-refractivity contribution in [1.29, 1.82) is 0 Å². The fourth-order valence-electron chi connectivity index (χ4n) is 3.22. The Hall–Kier alpha value is -3.77. The van der Waals surface area contributed by atoms with Crippen molar-refractivity contribution < 1.29 is 9.18 Å². The molecule has 3 aromatic carbocycles. The molecule has 0 bridgehead atoms. The number of rotatable bonds is 4. The summed E-state index contributed by atoms with van der Waals surface area (Å²) in [7, 11) is 0. The number of carbonyl (C=O) groups is 1. The normalized spacial score (nSPS) is 10.8. The van der Waals surface area contributed by atoms with E-state index in [1.54, 1.807) is 24.3 Å².